The first-order valence-electron chi connectivity index (χ1n) is 9.38. The topological polar surface area (TPSA) is 82.1 Å². The predicted octanol–water partition coefficient (Wildman–Crippen LogP) is 1.33. The largest absolute Gasteiger partial charge is 0.377 e. The van der Waals surface area contributed by atoms with Crippen molar-refractivity contribution in [2.75, 3.05) is 58.3 Å². The third-order valence-electron chi connectivity index (χ3n) is 4.69. The Hall–Kier alpha value is -1.62. The predicted molar refractivity (Wildman–Crippen MR) is 124 cm³/mol. The smallest absolute Gasteiger partial charge is 0.224 e. The molecule has 2 heterocycles. The van der Waals surface area contributed by atoms with Crippen molar-refractivity contribution in [2.24, 2.45) is 4.99 Å². The highest BCUT2D eigenvalue weighted by atomic mass is 127. The summed E-state index contributed by atoms with van der Waals surface area (Å²) in [6, 6.07) is 5.90. The molecular weight excluding hydrogens is 471 g/mol. The van der Waals surface area contributed by atoms with Gasteiger partial charge in [-0.1, -0.05) is 6.07 Å². The Balaban J connectivity index is 0.00000392. The summed E-state index contributed by atoms with van der Waals surface area (Å²) in [5.74, 6) is 1.81. The van der Waals surface area contributed by atoms with Crippen LogP contribution in [0, 0.1) is 0 Å². The molecule has 0 unspecified atom stereocenters. The van der Waals surface area contributed by atoms with E-state index in [0.717, 1.165) is 32.0 Å². The van der Waals surface area contributed by atoms with Crippen molar-refractivity contribution >= 4 is 41.7 Å². The molecule has 0 spiro atoms. The Bertz CT molecular complexity index is 618. The Labute approximate surface area is 185 Å². The number of aromatic nitrogens is 1. The molecule has 9 heteroatoms. The average molecular weight is 504 g/mol. The van der Waals surface area contributed by atoms with Crippen LogP contribution in [0.1, 0.15) is 20.3 Å². The number of hydrogen-bond donors (Lipinski definition) is 2. The molecule has 0 atom stereocenters. The number of nitrogens with one attached hydrogen (secondary N) is 2. The van der Waals surface area contributed by atoms with Crippen LogP contribution < -0.4 is 15.5 Å². The fourth-order valence-corrected chi connectivity index (χ4v) is 2.76. The highest BCUT2D eigenvalue weighted by Crippen LogP contribution is 2.12. The number of guanidine groups is 1. The number of ether oxygens (including phenoxy) is 1. The van der Waals surface area contributed by atoms with E-state index < -0.39 is 0 Å². The van der Waals surface area contributed by atoms with Gasteiger partial charge in [0, 0.05) is 66.0 Å². The van der Waals surface area contributed by atoms with E-state index in [0.29, 0.717) is 25.5 Å². The lowest BCUT2D eigenvalue weighted by Gasteiger charge is -2.35. The quantitative estimate of drug-likeness (QED) is 0.332. The number of amides is 1. The first-order chi connectivity index (χ1) is 12.9. The van der Waals surface area contributed by atoms with Crippen LogP contribution in [-0.2, 0) is 9.53 Å². The highest BCUT2D eigenvalue weighted by molar-refractivity contribution is 14.0. The standard InChI is InChI=1S/C19H32N6O2.HI/c1-19(2,27-4)15-23-18(20-3)22-10-8-17(26)25-13-11-24(12-14-25)16-7-5-6-9-21-16;/h5-7,9H,8,10-15H2,1-4H3,(H2,20,22,23);1H. The first-order valence-corrected chi connectivity index (χ1v) is 9.38. The number of anilines is 1. The number of nitrogens with zero attached hydrogens (tertiary/aromatic N) is 4. The van der Waals surface area contributed by atoms with Crippen LogP contribution in [0.15, 0.2) is 29.4 Å². The van der Waals surface area contributed by atoms with Crippen LogP contribution in [-0.4, -0.2) is 80.8 Å². The molecule has 0 aliphatic carbocycles. The van der Waals surface area contributed by atoms with E-state index in [4.69, 9.17) is 4.74 Å². The van der Waals surface area contributed by atoms with Gasteiger partial charge in [0.15, 0.2) is 5.96 Å². The Morgan fingerprint density at radius 1 is 1.25 bits per heavy atom. The van der Waals surface area contributed by atoms with Gasteiger partial charge >= 0.3 is 0 Å². The highest BCUT2D eigenvalue weighted by Gasteiger charge is 2.21. The summed E-state index contributed by atoms with van der Waals surface area (Å²) in [6.07, 6.45) is 2.24. The lowest BCUT2D eigenvalue weighted by molar-refractivity contribution is -0.131. The van der Waals surface area contributed by atoms with E-state index in [2.05, 4.69) is 25.5 Å². The molecular formula is C19H33IN6O2. The molecule has 1 saturated heterocycles. The molecule has 1 aromatic heterocycles. The van der Waals surface area contributed by atoms with Crippen LogP contribution in [0.5, 0.6) is 0 Å². The zero-order chi connectivity index (χ0) is 19.7. The summed E-state index contributed by atoms with van der Waals surface area (Å²) >= 11 is 0. The molecule has 158 valence electrons. The maximum atomic E-state index is 12.4. The number of hydrogen-bond acceptors (Lipinski definition) is 5. The van der Waals surface area contributed by atoms with Gasteiger partial charge in [-0.25, -0.2) is 4.98 Å². The van der Waals surface area contributed by atoms with Gasteiger partial charge in [0.25, 0.3) is 0 Å². The molecule has 0 radical (unpaired) electrons. The number of methoxy groups -OCH3 is 1. The molecule has 8 nitrogen and oxygen atoms in total. The second-order valence-electron chi connectivity index (χ2n) is 7.12. The van der Waals surface area contributed by atoms with E-state index in [1.54, 1.807) is 20.4 Å². The van der Waals surface area contributed by atoms with Gasteiger partial charge in [0.1, 0.15) is 5.82 Å². The summed E-state index contributed by atoms with van der Waals surface area (Å²) in [5, 5.41) is 6.40. The molecule has 0 saturated carbocycles. The third-order valence-corrected chi connectivity index (χ3v) is 4.69. The molecule has 28 heavy (non-hydrogen) atoms. The SMILES string of the molecule is CN=C(NCCC(=O)N1CCN(c2ccccn2)CC1)NCC(C)(C)OC.I. The van der Waals surface area contributed by atoms with Crippen LogP contribution in [0.25, 0.3) is 0 Å². The lowest BCUT2D eigenvalue weighted by Crippen LogP contribution is -2.50. The van der Waals surface area contributed by atoms with Crippen LogP contribution in [0.2, 0.25) is 0 Å². The van der Waals surface area contributed by atoms with Crippen molar-refractivity contribution < 1.29 is 9.53 Å². The lowest BCUT2D eigenvalue weighted by atomic mass is 10.1. The van der Waals surface area contributed by atoms with Crippen LogP contribution in [0.4, 0.5) is 5.82 Å². The number of piperazine rings is 1. The molecule has 1 amide bonds. The van der Waals surface area contributed by atoms with Gasteiger partial charge in [-0.15, -0.1) is 24.0 Å². The average Bonchev–Trinajstić information content (AvgIpc) is 2.71. The second kappa shape index (κ2) is 12.1. The Kier molecular flexibility index (Phi) is 10.5. The molecule has 0 aromatic carbocycles. The summed E-state index contributed by atoms with van der Waals surface area (Å²) in [7, 11) is 3.40. The number of carbonyl (C=O) groups is 1. The van der Waals surface area contributed by atoms with Crippen molar-refractivity contribution in [2.45, 2.75) is 25.9 Å². The van der Waals surface area contributed by atoms with Crippen LogP contribution in [0.3, 0.4) is 0 Å². The fraction of sp³-hybridized carbons (Fsp3) is 0.632. The first kappa shape index (κ1) is 24.4. The number of pyridine rings is 1. The van der Waals surface area contributed by atoms with Gasteiger partial charge < -0.3 is 25.2 Å². The van der Waals surface area contributed by atoms with E-state index in [1.807, 2.05) is 36.9 Å². The van der Waals surface area contributed by atoms with Gasteiger partial charge in [0.05, 0.1) is 5.60 Å². The molecule has 2 N–H and O–H groups in total. The monoisotopic (exact) mass is 504 g/mol. The van der Waals surface area contributed by atoms with E-state index in [9.17, 15) is 4.79 Å². The van der Waals surface area contributed by atoms with Crippen molar-refractivity contribution in [3.8, 4) is 0 Å². The second-order valence-corrected chi connectivity index (χ2v) is 7.12. The van der Waals surface area contributed by atoms with Gasteiger partial charge in [-0.3, -0.25) is 9.79 Å². The number of carbonyl (C=O) groups excluding carboxylic acids is 1. The van der Waals surface area contributed by atoms with E-state index >= 15 is 0 Å². The maximum Gasteiger partial charge on any atom is 0.224 e. The maximum absolute atomic E-state index is 12.4. The third kappa shape index (κ3) is 7.78. The summed E-state index contributed by atoms with van der Waals surface area (Å²) < 4.78 is 5.38. The van der Waals surface area contributed by atoms with E-state index in [1.165, 1.54) is 0 Å². The number of halogens is 1. The molecule has 0 bridgehead atoms. The van der Waals surface area contributed by atoms with E-state index in [-0.39, 0.29) is 35.5 Å². The Morgan fingerprint density at radius 3 is 2.54 bits per heavy atom. The molecule has 1 aromatic rings. The summed E-state index contributed by atoms with van der Waals surface area (Å²) in [5.41, 5.74) is -0.277. The van der Waals surface area contributed by atoms with Crippen LogP contribution >= 0.6 is 24.0 Å². The van der Waals surface area contributed by atoms with Crippen molar-refractivity contribution in [1.82, 2.24) is 20.5 Å². The Morgan fingerprint density at radius 2 is 1.96 bits per heavy atom. The zero-order valence-corrected chi connectivity index (χ0v) is 19.6. The van der Waals surface area contributed by atoms with Gasteiger partial charge in [0.2, 0.25) is 5.91 Å². The van der Waals surface area contributed by atoms with Crippen molar-refractivity contribution in [3.63, 3.8) is 0 Å². The number of rotatable bonds is 7. The summed E-state index contributed by atoms with van der Waals surface area (Å²) in [6.45, 7) is 8.26. The van der Waals surface area contributed by atoms with Gasteiger partial charge in [-0.05, 0) is 26.0 Å². The number of aliphatic imine (C=N–C) groups is 1. The normalized spacial score (nSPS) is 15.1. The molecule has 1 aliphatic heterocycles. The molecule has 1 fully saturated rings. The minimum atomic E-state index is -0.277. The van der Waals surface area contributed by atoms with Gasteiger partial charge in [-0.2, -0.15) is 0 Å². The molecule has 1 aliphatic rings. The minimum absolute atomic E-state index is 0. The van der Waals surface area contributed by atoms with Crippen molar-refractivity contribution in [1.29, 1.82) is 0 Å². The minimum Gasteiger partial charge on any atom is -0.377 e. The fourth-order valence-electron chi connectivity index (χ4n) is 2.76. The zero-order valence-electron chi connectivity index (χ0n) is 17.3. The summed E-state index contributed by atoms with van der Waals surface area (Å²) in [4.78, 5) is 25.1. The molecule has 2 rings (SSSR count). The van der Waals surface area contributed by atoms with Crippen molar-refractivity contribution in [3.05, 3.63) is 24.4 Å².